The predicted octanol–water partition coefficient (Wildman–Crippen LogP) is 1.32. The van der Waals surface area contributed by atoms with Gasteiger partial charge >= 0.3 is 0 Å². The Balaban J connectivity index is 1.93. The van der Waals surface area contributed by atoms with Crippen LogP contribution in [-0.2, 0) is 16.0 Å². The lowest BCUT2D eigenvalue weighted by molar-refractivity contribution is -0.128. The molecule has 4 heteroatoms. The summed E-state index contributed by atoms with van der Waals surface area (Å²) in [4.78, 5) is 23.7. The van der Waals surface area contributed by atoms with Gasteiger partial charge in [-0.05, 0) is 37.3 Å². The van der Waals surface area contributed by atoms with Crippen molar-refractivity contribution < 1.29 is 9.59 Å². The summed E-state index contributed by atoms with van der Waals surface area (Å²) in [5.74, 6) is -0.146. The van der Waals surface area contributed by atoms with Crippen LogP contribution < -0.4 is 10.6 Å². The number of hydrogen-bond donors (Lipinski definition) is 2. The van der Waals surface area contributed by atoms with Gasteiger partial charge in [-0.2, -0.15) is 0 Å². The van der Waals surface area contributed by atoms with E-state index in [1.165, 1.54) is 0 Å². The molecular weight excluding hydrogens is 240 g/mol. The highest BCUT2D eigenvalue weighted by Crippen LogP contribution is 2.09. The molecule has 1 aliphatic rings. The fraction of sp³-hybridized carbons (Fsp3) is 0.467. The quantitative estimate of drug-likeness (QED) is 0.861. The number of aryl methyl sites for hydroxylation is 1. The smallest absolute Gasteiger partial charge is 0.242 e. The van der Waals surface area contributed by atoms with E-state index >= 15 is 0 Å². The predicted molar refractivity (Wildman–Crippen MR) is 73.7 cm³/mol. The maximum absolute atomic E-state index is 12.0. The molecule has 0 bridgehead atoms. The topological polar surface area (TPSA) is 58.2 Å². The third-order valence-corrected chi connectivity index (χ3v) is 3.48. The minimum atomic E-state index is -0.376. The molecule has 102 valence electrons. The zero-order valence-electron chi connectivity index (χ0n) is 11.2. The second-order valence-corrected chi connectivity index (χ2v) is 5.01. The maximum Gasteiger partial charge on any atom is 0.242 e. The van der Waals surface area contributed by atoms with Gasteiger partial charge in [-0.15, -0.1) is 0 Å². The van der Waals surface area contributed by atoms with Gasteiger partial charge in [-0.25, -0.2) is 0 Å². The molecule has 1 unspecified atom stereocenters. The molecule has 0 aromatic heterocycles. The fourth-order valence-corrected chi connectivity index (χ4v) is 2.30. The molecule has 0 aliphatic carbocycles. The fourth-order valence-electron chi connectivity index (χ4n) is 2.30. The number of amides is 2. The molecule has 2 N–H and O–H groups in total. The standard InChI is InChI=1S/C15H20N2O2/c1-11-6-2-3-7-12(11)10-14(18)17-13-8-4-5-9-16-15(13)19/h2-3,6-7,13H,4-5,8-10H2,1H3,(H,16,19)(H,17,18). The van der Waals surface area contributed by atoms with Gasteiger partial charge in [0.05, 0.1) is 6.42 Å². The maximum atomic E-state index is 12.0. The molecule has 0 saturated carbocycles. The number of carbonyl (C=O) groups is 2. The van der Waals surface area contributed by atoms with Crippen LogP contribution in [0.1, 0.15) is 30.4 Å². The second kappa shape index (κ2) is 6.36. The molecule has 2 rings (SSSR count). The van der Waals surface area contributed by atoms with Crippen molar-refractivity contribution >= 4 is 11.8 Å². The molecule has 1 fully saturated rings. The van der Waals surface area contributed by atoms with Crippen LogP contribution in [0.5, 0.6) is 0 Å². The molecule has 1 aliphatic heterocycles. The van der Waals surface area contributed by atoms with E-state index in [1.54, 1.807) is 0 Å². The van der Waals surface area contributed by atoms with Gasteiger partial charge in [0.1, 0.15) is 6.04 Å². The Labute approximate surface area is 113 Å². The molecule has 1 saturated heterocycles. The molecule has 1 heterocycles. The zero-order valence-corrected chi connectivity index (χ0v) is 11.2. The van der Waals surface area contributed by atoms with E-state index in [0.717, 1.165) is 30.4 Å². The lowest BCUT2D eigenvalue weighted by Crippen LogP contribution is -2.46. The Morgan fingerprint density at radius 1 is 1.37 bits per heavy atom. The first kappa shape index (κ1) is 13.6. The summed E-state index contributed by atoms with van der Waals surface area (Å²) >= 11 is 0. The van der Waals surface area contributed by atoms with E-state index in [0.29, 0.717) is 13.0 Å². The van der Waals surface area contributed by atoms with Crippen LogP contribution >= 0.6 is 0 Å². The van der Waals surface area contributed by atoms with Crippen molar-refractivity contribution in [3.63, 3.8) is 0 Å². The number of hydrogen-bond acceptors (Lipinski definition) is 2. The van der Waals surface area contributed by atoms with Crippen molar-refractivity contribution in [3.05, 3.63) is 35.4 Å². The van der Waals surface area contributed by atoms with E-state index in [-0.39, 0.29) is 17.9 Å². The lowest BCUT2D eigenvalue weighted by Gasteiger charge is -2.15. The van der Waals surface area contributed by atoms with Gasteiger partial charge in [0.15, 0.2) is 0 Å². The van der Waals surface area contributed by atoms with Crippen LogP contribution in [0.25, 0.3) is 0 Å². The first-order valence-corrected chi connectivity index (χ1v) is 6.78. The van der Waals surface area contributed by atoms with Crippen molar-refractivity contribution in [1.29, 1.82) is 0 Å². The average Bonchev–Trinajstić information content (AvgIpc) is 2.58. The molecule has 0 radical (unpaired) electrons. The van der Waals surface area contributed by atoms with Crippen molar-refractivity contribution in [2.45, 2.75) is 38.6 Å². The van der Waals surface area contributed by atoms with Crippen LogP contribution in [0.4, 0.5) is 0 Å². The molecule has 2 amide bonds. The molecule has 0 spiro atoms. The van der Waals surface area contributed by atoms with Gasteiger partial charge in [0, 0.05) is 6.54 Å². The summed E-state index contributed by atoms with van der Waals surface area (Å²) in [6.45, 7) is 2.70. The summed E-state index contributed by atoms with van der Waals surface area (Å²) in [5.41, 5.74) is 2.11. The Hall–Kier alpha value is -1.84. The van der Waals surface area contributed by atoms with Crippen molar-refractivity contribution in [2.24, 2.45) is 0 Å². The summed E-state index contributed by atoms with van der Waals surface area (Å²) in [7, 11) is 0. The number of benzene rings is 1. The number of nitrogens with one attached hydrogen (secondary N) is 2. The van der Waals surface area contributed by atoms with E-state index in [2.05, 4.69) is 10.6 Å². The minimum Gasteiger partial charge on any atom is -0.354 e. The summed E-state index contributed by atoms with van der Waals surface area (Å²) in [6, 6.07) is 7.44. The Morgan fingerprint density at radius 3 is 2.95 bits per heavy atom. The van der Waals surface area contributed by atoms with E-state index in [4.69, 9.17) is 0 Å². The monoisotopic (exact) mass is 260 g/mol. The molecule has 1 aromatic carbocycles. The Bertz CT molecular complexity index is 471. The summed E-state index contributed by atoms with van der Waals surface area (Å²) in [6.07, 6.45) is 3.01. The minimum absolute atomic E-state index is 0.0596. The first-order chi connectivity index (χ1) is 9.16. The van der Waals surface area contributed by atoms with E-state index in [9.17, 15) is 9.59 Å². The van der Waals surface area contributed by atoms with Gasteiger partial charge in [0.25, 0.3) is 0 Å². The van der Waals surface area contributed by atoms with Gasteiger partial charge in [-0.3, -0.25) is 9.59 Å². The Morgan fingerprint density at radius 2 is 2.16 bits per heavy atom. The molecule has 1 atom stereocenters. The first-order valence-electron chi connectivity index (χ1n) is 6.78. The molecule has 1 aromatic rings. The van der Waals surface area contributed by atoms with Crippen LogP contribution in [0.2, 0.25) is 0 Å². The van der Waals surface area contributed by atoms with Crippen LogP contribution in [0, 0.1) is 6.92 Å². The van der Waals surface area contributed by atoms with Crippen LogP contribution in [0.15, 0.2) is 24.3 Å². The Kier molecular flexibility index (Phi) is 4.55. The highest BCUT2D eigenvalue weighted by Gasteiger charge is 2.22. The zero-order chi connectivity index (χ0) is 13.7. The number of carbonyl (C=O) groups excluding carboxylic acids is 2. The highest BCUT2D eigenvalue weighted by atomic mass is 16.2. The third-order valence-electron chi connectivity index (χ3n) is 3.48. The van der Waals surface area contributed by atoms with E-state index in [1.807, 2.05) is 31.2 Å². The SMILES string of the molecule is Cc1ccccc1CC(=O)NC1CCCCNC1=O. The third kappa shape index (κ3) is 3.81. The summed E-state index contributed by atoms with van der Waals surface area (Å²) < 4.78 is 0. The molecule has 4 nitrogen and oxygen atoms in total. The van der Waals surface area contributed by atoms with Crippen molar-refractivity contribution in [2.75, 3.05) is 6.54 Å². The van der Waals surface area contributed by atoms with Crippen LogP contribution in [-0.4, -0.2) is 24.4 Å². The van der Waals surface area contributed by atoms with Gasteiger partial charge in [-0.1, -0.05) is 24.3 Å². The second-order valence-electron chi connectivity index (χ2n) is 5.01. The highest BCUT2D eigenvalue weighted by molar-refractivity contribution is 5.88. The van der Waals surface area contributed by atoms with Crippen molar-refractivity contribution in [3.8, 4) is 0 Å². The normalized spacial score (nSPS) is 19.4. The van der Waals surface area contributed by atoms with Gasteiger partial charge < -0.3 is 10.6 Å². The van der Waals surface area contributed by atoms with Gasteiger partial charge in [0.2, 0.25) is 11.8 Å². The summed E-state index contributed by atoms with van der Waals surface area (Å²) in [5, 5.41) is 5.65. The van der Waals surface area contributed by atoms with Crippen molar-refractivity contribution in [1.82, 2.24) is 10.6 Å². The van der Waals surface area contributed by atoms with E-state index < -0.39 is 0 Å². The number of rotatable bonds is 3. The molecule has 19 heavy (non-hydrogen) atoms. The molecular formula is C15H20N2O2. The average molecular weight is 260 g/mol. The lowest BCUT2D eigenvalue weighted by atomic mass is 10.0. The van der Waals surface area contributed by atoms with Crippen LogP contribution in [0.3, 0.4) is 0 Å². The largest absolute Gasteiger partial charge is 0.354 e.